The highest BCUT2D eigenvalue weighted by molar-refractivity contribution is 6.29. The second-order valence-corrected chi connectivity index (χ2v) is 4.50. The average molecular weight is 242 g/mol. The summed E-state index contributed by atoms with van der Waals surface area (Å²) < 4.78 is 0. The third-order valence-corrected chi connectivity index (χ3v) is 2.55. The second kappa shape index (κ2) is 6.71. The smallest absolute Gasteiger partial charge is 0.131 e. The maximum absolute atomic E-state index is 5.90. The van der Waals surface area contributed by atoms with Gasteiger partial charge < -0.3 is 9.80 Å². The van der Waals surface area contributed by atoms with E-state index in [4.69, 9.17) is 11.6 Å². The topological polar surface area (TPSA) is 19.4 Å². The highest BCUT2D eigenvalue weighted by Gasteiger charge is 2.07. The standard InChI is InChI=1S/C12H20ClN3/c1-4-8-16(10-9-15(2)3)12-7-5-6-11(13)14-12/h5-7H,4,8-10H2,1-3H3. The van der Waals surface area contributed by atoms with Crippen LogP contribution in [0.4, 0.5) is 5.82 Å². The fraction of sp³-hybridized carbons (Fsp3) is 0.583. The zero-order valence-electron chi connectivity index (χ0n) is 10.3. The van der Waals surface area contributed by atoms with Gasteiger partial charge in [0.2, 0.25) is 0 Å². The number of hydrogen-bond donors (Lipinski definition) is 0. The van der Waals surface area contributed by atoms with E-state index in [1.165, 1.54) is 0 Å². The molecule has 0 unspecified atom stereocenters. The van der Waals surface area contributed by atoms with Crippen LogP contribution in [0.15, 0.2) is 18.2 Å². The Kier molecular flexibility index (Phi) is 5.56. The van der Waals surface area contributed by atoms with Crippen LogP contribution in [-0.2, 0) is 0 Å². The minimum Gasteiger partial charge on any atom is -0.355 e. The molecule has 0 aliphatic carbocycles. The van der Waals surface area contributed by atoms with Crippen molar-refractivity contribution in [1.82, 2.24) is 9.88 Å². The Morgan fingerprint density at radius 3 is 2.50 bits per heavy atom. The quantitative estimate of drug-likeness (QED) is 0.714. The van der Waals surface area contributed by atoms with Crippen LogP contribution in [0.25, 0.3) is 0 Å². The Hall–Kier alpha value is -0.800. The predicted molar refractivity (Wildman–Crippen MR) is 70.3 cm³/mol. The van der Waals surface area contributed by atoms with Crippen LogP contribution in [-0.4, -0.2) is 43.6 Å². The molecule has 1 aromatic rings. The van der Waals surface area contributed by atoms with E-state index in [1.807, 2.05) is 12.1 Å². The Bertz CT molecular complexity index is 315. The predicted octanol–water partition coefficient (Wildman–Crippen LogP) is 2.51. The van der Waals surface area contributed by atoms with Crippen molar-refractivity contribution in [3.63, 3.8) is 0 Å². The second-order valence-electron chi connectivity index (χ2n) is 4.11. The van der Waals surface area contributed by atoms with Crippen LogP contribution in [0.2, 0.25) is 5.15 Å². The molecule has 0 fully saturated rings. The van der Waals surface area contributed by atoms with Crippen LogP contribution >= 0.6 is 11.6 Å². The van der Waals surface area contributed by atoms with E-state index in [9.17, 15) is 0 Å². The zero-order chi connectivity index (χ0) is 12.0. The Balaban J connectivity index is 2.68. The molecular weight excluding hydrogens is 222 g/mol. The molecule has 0 N–H and O–H groups in total. The van der Waals surface area contributed by atoms with Crippen molar-refractivity contribution in [3.8, 4) is 0 Å². The third kappa shape index (κ3) is 4.37. The highest BCUT2D eigenvalue weighted by atomic mass is 35.5. The maximum atomic E-state index is 5.90. The largest absolute Gasteiger partial charge is 0.355 e. The first-order valence-corrected chi connectivity index (χ1v) is 6.03. The van der Waals surface area contributed by atoms with Gasteiger partial charge in [0.05, 0.1) is 0 Å². The van der Waals surface area contributed by atoms with E-state index < -0.39 is 0 Å². The number of rotatable bonds is 6. The average Bonchev–Trinajstić information content (AvgIpc) is 2.24. The lowest BCUT2D eigenvalue weighted by Gasteiger charge is -2.24. The van der Waals surface area contributed by atoms with Crippen LogP contribution in [0.5, 0.6) is 0 Å². The normalized spacial score (nSPS) is 10.8. The molecule has 90 valence electrons. The van der Waals surface area contributed by atoms with Crippen molar-refractivity contribution >= 4 is 17.4 Å². The van der Waals surface area contributed by atoms with Gasteiger partial charge in [0.1, 0.15) is 11.0 Å². The molecule has 4 heteroatoms. The van der Waals surface area contributed by atoms with Gasteiger partial charge >= 0.3 is 0 Å². The number of likely N-dealkylation sites (N-methyl/N-ethyl adjacent to an activating group) is 1. The van der Waals surface area contributed by atoms with Crippen molar-refractivity contribution < 1.29 is 0 Å². The molecule has 0 aliphatic rings. The molecular formula is C12H20ClN3. The molecule has 3 nitrogen and oxygen atoms in total. The first-order chi connectivity index (χ1) is 7.63. The minimum absolute atomic E-state index is 0.559. The summed E-state index contributed by atoms with van der Waals surface area (Å²) in [4.78, 5) is 8.79. The molecule has 16 heavy (non-hydrogen) atoms. The Morgan fingerprint density at radius 2 is 1.94 bits per heavy atom. The van der Waals surface area contributed by atoms with Gasteiger partial charge in [0.25, 0.3) is 0 Å². The van der Waals surface area contributed by atoms with Crippen LogP contribution < -0.4 is 4.90 Å². The molecule has 1 heterocycles. The van der Waals surface area contributed by atoms with Crippen molar-refractivity contribution in [2.75, 3.05) is 38.6 Å². The Morgan fingerprint density at radius 1 is 1.19 bits per heavy atom. The molecule has 1 aromatic heterocycles. The highest BCUT2D eigenvalue weighted by Crippen LogP contribution is 2.14. The van der Waals surface area contributed by atoms with E-state index in [2.05, 4.69) is 35.8 Å². The molecule has 0 aromatic carbocycles. The number of aromatic nitrogens is 1. The summed E-state index contributed by atoms with van der Waals surface area (Å²) in [5.74, 6) is 0.969. The van der Waals surface area contributed by atoms with Crippen LogP contribution in [0.3, 0.4) is 0 Å². The summed E-state index contributed by atoms with van der Waals surface area (Å²) in [5, 5.41) is 0.559. The molecule has 0 aliphatic heterocycles. The van der Waals surface area contributed by atoms with Gasteiger partial charge in [0, 0.05) is 19.6 Å². The van der Waals surface area contributed by atoms with Gasteiger partial charge in [0.15, 0.2) is 0 Å². The van der Waals surface area contributed by atoms with Gasteiger partial charge in [-0.25, -0.2) is 4.98 Å². The zero-order valence-corrected chi connectivity index (χ0v) is 11.0. The summed E-state index contributed by atoms with van der Waals surface area (Å²) in [6, 6.07) is 5.77. The van der Waals surface area contributed by atoms with E-state index >= 15 is 0 Å². The monoisotopic (exact) mass is 241 g/mol. The number of halogens is 1. The van der Waals surface area contributed by atoms with Crippen molar-refractivity contribution in [2.45, 2.75) is 13.3 Å². The fourth-order valence-electron chi connectivity index (χ4n) is 1.51. The molecule has 0 atom stereocenters. The molecule has 0 amide bonds. The van der Waals surface area contributed by atoms with E-state index in [0.29, 0.717) is 5.15 Å². The molecule has 0 saturated heterocycles. The molecule has 0 saturated carbocycles. The summed E-state index contributed by atoms with van der Waals surface area (Å²) in [7, 11) is 4.16. The van der Waals surface area contributed by atoms with Gasteiger partial charge in [-0.15, -0.1) is 0 Å². The minimum atomic E-state index is 0.559. The first-order valence-electron chi connectivity index (χ1n) is 5.65. The number of nitrogens with zero attached hydrogens (tertiary/aromatic N) is 3. The van der Waals surface area contributed by atoms with E-state index in [1.54, 1.807) is 6.07 Å². The van der Waals surface area contributed by atoms with Crippen molar-refractivity contribution in [2.24, 2.45) is 0 Å². The number of pyridine rings is 1. The molecule has 0 bridgehead atoms. The summed E-state index contributed by atoms with van der Waals surface area (Å²) in [6.07, 6.45) is 1.11. The molecule has 0 spiro atoms. The maximum Gasteiger partial charge on any atom is 0.131 e. The molecule has 1 rings (SSSR count). The fourth-order valence-corrected chi connectivity index (χ4v) is 1.66. The van der Waals surface area contributed by atoms with Crippen LogP contribution in [0, 0.1) is 0 Å². The molecule has 0 radical (unpaired) electrons. The summed E-state index contributed by atoms with van der Waals surface area (Å²) >= 11 is 5.90. The lowest BCUT2D eigenvalue weighted by atomic mass is 10.3. The SMILES string of the molecule is CCCN(CCN(C)C)c1cccc(Cl)n1. The van der Waals surface area contributed by atoms with Gasteiger partial charge in [-0.3, -0.25) is 0 Å². The number of hydrogen-bond acceptors (Lipinski definition) is 3. The summed E-state index contributed by atoms with van der Waals surface area (Å²) in [6.45, 7) is 5.19. The lowest BCUT2D eigenvalue weighted by Crippen LogP contribution is -2.32. The lowest BCUT2D eigenvalue weighted by molar-refractivity contribution is 0.412. The number of anilines is 1. The van der Waals surface area contributed by atoms with Gasteiger partial charge in [-0.05, 0) is 32.6 Å². The Labute approximate surface area is 103 Å². The van der Waals surface area contributed by atoms with E-state index in [-0.39, 0.29) is 0 Å². The van der Waals surface area contributed by atoms with Crippen LogP contribution in [0.1, 0.15) is 13.3 Å². The van der Waals surface area contributed by atoms with Crippen molar-refractivity contribution in [3.05, 3.63) is 23.4 Å². The summed E-state index contributed by atoms with van der Waals surface area (Å²) in [5.41, 5.74) is 0. The first kappa shape index (κ1) is 13.3. The van der Waals surface area contributed by atoms with Gasteiger partial charge in [-0.2, -0.15) is 0 Å². The third-order valence-electron chi connectivity index (χ3n) is 2.34. The van der Waals surface area contributed by atoms with Crippen molar-refractivity contribution in [1.29, 1.82) is 0 Å². The van der Waals surface area contributed by atoms with E-state index in [0.717, 1.165) is 31.9 Å². The van der Waals surface area contributed by atoms with Gasteiger partial charge in [-0.1, -0.05) is 24.6 Å².